The number of aromatic nitrogens is 3. The number of allylic oxidation sites excluding steroid dienone is 1. The van der Waals surface area contributed by atoms with Gasteiger partial charge in [0.1, 0.15) is 0 Å². The Labute approximate surface area is 270 Å². The monoisotopic (exact) mass is 633 g/mol. The van der Waals surface area contributed by atoms with Gasteiger partial charge in [-0.3, -0.25) is 19.2 Å². The van der Waals surface area contributed by atoms with Crippen LogP contribution in [0.25, 0.3) is 10.8 Å². The number of aliphatic hydroxyl groups is 2. The van der Waals surface area contributed by atoms with Gasteiger partial charge in [-0.25, -0.2) is 0 Å². The van der Waals surface area contributed by atoms with E-state index in [1.165, 1.54) is 0 Å². The van der Waals surface area contributed by atoms with E-state index in [0.717, 1.165) is 33.4 Å². The van der Waals surface area contributed by atoms with E-state index in [1.807, 2.05) is 79.7 Å². The van der Waals surface area contributed by atoms with Crippen LogP contribution in [0.4, 0.5) is 17.1 Å². The van der Waals surface area contributed by atoms with Crippen molar-refractivity contribution in [3.63, 3.8) is 0 Å². The van der Waals surface area contributed by atoms with E-state index in [2.05, 4.69) is 10.3 Å². The molecule has 2 atom stereocenters. The summed E-state index contributed by atoms with van der Waals surface area (Å²) in [5.41, 5.74) is 3.12. The van der Waals surface area contributed by atoms with Crippen LogP contribution in [-0.2, 0) is 29.9 Å². The Morgan fingerprint density at radius 3 is 2.57 bits per heavy atom. The number of hydrogen-bond acceptors (Lipinski definition) is 6. The van der Waals surface area contributed by atoms with Crippen molar-refractivity contribution in [1.29, 1.82) is 0 Å². The van der Waals surface area contributed by atoms with Gasteiger partial charge in [0.25, 0.3) is 11.8 Å². The van der Waals surface area contributed by atoms with Crippen LogP contribution in [0.3, 0.4) is 0 Å². The molecule has 9 nitrogen and oxygen atoms in total. The normalized spacial score (nSPS) is 17.9. The second-order valence-corrected chi connectivity index (χ2v) is 12.2. The maximum atomic E-state index is 14.0. The van der Waals surface area contributed by atoms with Gasteiger partial charge in [-0.1, -0.05) is 72.3 Å². The molecule has 7 rings (SSSR count). The molecule has 0 fully saturated rings. The second-order valence-electron chi connectivity index (χ2n) is 11.8. The van der Waals surface area contributed by atoms with Gasteiger partial charge >= 0.3 is 0 Å². The van der Waals surface area contributed by atoms with E-state index in [4.69, 9.17) is 16.7 Å². The second kappa shape index (κ2) is 11.8. The molecule has 0 unspecified atom stereocenters. The quantitative estimate of drug-likeness (QED) is 0.185. The Morgan fingerprint density at radius 1 is 1.00 bits per heavy atom. The molecule has 5 aromatic rings. The van der Waals surface area contributed by atoms with Crippen LogP contribution in [0.5, 0.6) is 0 Å². The van der Waals surface area contributed by atoms with E-state index in [0.29, 0.717) is 41.2 Å². The molecule has 3 heterocycles. The fourth-order valence-electron chi connectivity index (χ4n) is 6.50. The first-order valence-corrected chi connectivity index (χ1v) is 15.6. The Kier molecular flexibility index (Phi) is 7.68. The average Bonchev–Trinajstić information content (AvgIpc) is 3.69. The number of benzene rings is 4. The lowest BCUT2D eigenvalue weighted by Gasteiger charge is -2.28. The molecule has 2 N–H and O–H groups in total. The fraction of sp³-hybridized carbons (Fsp3) is 0.222. The van der Waals surface area contributed by atoms with Gasteiger partial charge in [0.05, 0.1) is 29.2 Å². The van der Waals surface area contributed by atoms with Crippen molar-refractivity contribution < 1.29 is 19.8 Å². The summed E-state index contributed by atoms with van der Waals surface area (Å²) in [5, 5.41) is 31.6. The topological polar surface area (TPSA) is 112 Å². The molecule has 232 valence electrons. The summed E-state index contributed by atoms with van der Waals surface area (Å²) in [5.74, 6) is -1.04. The number of aliphatic hydroxyl groups excluding tert-OH is 1. The zero-order chi connectivity index (χ0) is 32.0. The molecule has 46 heavy (non-hydrogen) atoms. The number of anilines is 3. The van der Waals surface area contributed by atoms with Crippen LogP contribution in [0.2, 0.25) is 5.02 Å². The summed E-state index contributed by atoms with van der Waals surface area (Å²) < 4.78 is 1.70. The molecule has 0 spiro atoms. The van der Waals surface area contributed by atoms with Crippen molar-refractivity contribution >= 4 is 51.2 Å². The number of amides is 2. The highest BCUT2D eigenvalue weighted by atomic mass is 35.5. The molecule has 0 bridgehead atoms. The van der Waals surface area contributed by atoms with E-state index in [9.17, 15) is 14.7 Å². The molecule has 4 aromatic carbocycles. The van der Waals surface area contributed by atoms with E-state index >= 15 is 0 Å². The summed E-state index contributed by atoms with van der Waals surface area (Å²) in [6.07, 6.45) is 6.64. The zero-order valence-corrected chi connectivity index (χ0v) is 25.9. The number of aryl methyl sites for hydroxylation is 1. The standard InChI is InChI=1S/C36H32ClN5O4/c1-23(6-2-3-18-40-22-27(17-19-43)38-39-40)36(46)30-20-26(37)13-16-31(30)41(35(36)45)21-24-11-14-28(15-12-24)42-32-10-5-8-25-7-4-9-29(33(25)32)34(42)44/h2,4-16,20,22-23,43,46H,3,17-19,21H2,1H3/b6-2+/t23-,36+/m0/s1. The molecular formula is C36H32ClN5O4. The number of hydrogen-bond donors (Lipinski definition) is 2. The number of carbonyl (C=O) groups excluding carboxylic acids is 2. The number of rotatable bonds is 10. The molecule has 1 aromatic heterocycles. The van der Waals surface area contributed by atoms with Crippen molar-refractivity contribution in [3.8, 4) is 0 Å². The highest BCUT2D eigenvalue weighted by Crippen LogP contribution is 2.47. The number of fused-ring (bicyclic) bond motifs is 1. The summed E-state index contributed by atoms with van der Waals surface area (Å²) in [4.78, 5) is 30.7. The molecule has 10 heteroatoms. The minimum absolute atomic E-state index is 0.0164. The van der Waals surface area contributed by atoms with Gasteiger partial charge in [0, 0.05) is 53.3 Å². The van der Waals surface area contributed by atoms with Crippen molar-refractivity contribution in [2.24, 2.45) is 5.92 Å². The van der Waals surface area contributed by atoms with Crippen LogP contribution >= 0.6 is 11.6 Å². The first-order valence-electron chi connectivity index (χ1n) is 15.3. The van der Waals surface area contributed by atoms with Crippen molar-refractivity contribution in [2.75, 3.05) is 16.4 Å². The SMILES string of the molecule is C[C@@H](/C=C/CCn1cc(CCO)nn1)[C@]1(O)C(=O)N(Cc2ccc(N3C(=O)c4cccc5cccc3c45)cc2)c2ccc(Cl)cc21. The maximum absolute atomic E-state index is 14.0. The first kappa shape index (κ1) is 29.9. The Bertz CT molecular complexity index is 2000. The smallest absolute Gasteiger partial charge is 0.264 e. The van der Waals surface area contributed by atoms with Crippen LogP contribution in [-0.4, -0.2) is 43.6 Å². The van der Waals surface area contributed by atoms with Crippen molar-refractivity contribution in [3.05, 3.63) is 125 Å². The summed E-state index contributed by atoms with van der Waals surface area (Å²) >= 11 is 6.36. The maximum Gasteiger partial charge on any atom is 0.264 e. The summed E-state index contributed by atoms with van der Waals surface area (Å²) in [6, 6.07) is 24.4. The first-order chi connectivity index (χ1) is 22.3. The molecule has 0 aliphatic carbocycles. The van der Waals surface area contributed by atoms with E-state index < -0.39 is 17.4 Å². The molecule has 0 radical (unpaired) electrons. The van der Waals surface area contributed by atoms with Gasteiger partial charge in [-0.2, -0.15) is 0 Å². The molecule has 2 aliphatic rings. The van der Waals surface area contributed by atoms with E-state index in [-0.39, 0.29) is 19.1 Å². The van der Waals surface area contributed by atoms with Gasteiger partial charge < -0.3 is 15.1 Å². The Morgan fingerprint density at radius 2 is 1.78 bits per heavy atom. The Balaban J connectivity index is 1.10. The number of carbonyl (C=O) groups is 2. The third kappa shape index (κ3) is 4.97. The van der Waals surface area contributed by atoms with Gasteiger partial charge in [0.2, 0.25) is 0 Å². The predicted molar refractivity (Wildman–Crippen MR) is 177 cm³/mol. The molecule has 2 amide bonds. The molecular weight excluding hydrogens is 602 g/mol. The number of halogens is 1. The Hall–Kier alpha value is -4.83. The van der Waals surface area contributed by atoms with Crippen LogP contribution in [0, 0.1) is 5.92 Å². The fourth-order valence-corrected chi connectivity index (χ4v) is 6.68. The zero-order valence-electron chi connectivity index (χ0n) is 25.2. The van der Waals surface area contributed by atoms with E-state index in [1.54, 1.807) is 38.9 Å². The van der Waals surface area contributed by atoms with Gasteiger partial charge in [-0.05, 0) is 59.8 Å². The summed E-state index contributed by atoms with van der Waals surface area (Å²) in [7, 11) is 0. The van der Waals surface area contributed by atoms with Gasteiger partial charge in [0.15, 0.2) is 5.60 Å². The average molecular weight is 634 g/mol. The largest absolute Gasteiger partial charge is 0.396 e. The van der Waals surface area contributed by atoms with Crippen molar-refractivity contribution in [2.45, 2.75) is 38.5 Å². The lowest BCUT2D eigenvalue weighted by Crippen LogP contribution is -2.44. The highest BCUT2D eigenvalue weighted by Gasteiger charge is 2.52. The lowest BCUT2D eigenvalue weighted by molar-refractivity contribution is -0.139. The lowest BCUT2D eigenvalue weighted by atomic mass is 9.83. The predicted octanol–water partition coefficient (Wildman–Crippen LogP) is 5.93. The van der Waals surface area contributed by atoms with Crippen LogP contribution in [0.15, 0.2) is 97.2 Å². The van der Waals surface area contributed by atoms with Crippen LogP contribution < -0.4 is 9.80 Å². The third-order valence-corrected chi connectivity index (χ3v) is 9.12. The molecule has 0 saturated heterocycles. The summed E-state index contributed by atoms with van der Waals surface area (Å²) in [6.45, 7) is 2.64. The molecule has 0 saturated carbocycles. The van der Waals surface area contributed by atoms with Crippen molar-refractivity contribution in [1.82, 2.24) is 15.0 Å². The van der Waals surface area contributed by atoms with Gasteiger partial charge in [-0.15, -0.1) is 5.10 Å². The highest BCUT2D eigenvalue weighted by molar-refractivity contribution is 6.31. The minimum atomic E-state index is -1.80. The number of nitrogens with zero attached hydrogens (tertiary/aromatic N) is 5. The minimum Gasteiger partial charge on any atom is -0.396 e. The third-order valence-electron chi connectivity index (χ3n) is 8.89. The van der Waals surface area contributed by atoms with Crippen LogP contribution in [0.1, 0.15) is 40.5 Å². The molecule has 2 aliphatic heterocycles.